The standard InChI is InChI=1S/C16H16N6/c1-10-8-11(2)20-16(19-10)22-15(17)21-13-5-6-14-12(9-13)4-3-7-18-14/h3-9H,1-2H3,(H3,17,19,20,21,22). The molecular formula is C16H16N6. The maximum atomic E-state index is 5.93. The molecule has 0 aliphatic carbocycles. The first-order valence-electron chi connectivity index (χ1n) is 6.88. The molecule has 22 heavy (non-hydrogen) atoms. The van der Waals surface area contributed by atoms with Gasteiger partial charge in [-0.25, -0.2) is 9.97 Å². The van der Waals surface area contributed by atoms with E-state index in [1.165, 1.54) is 0 Å². The van der Waals surface area contributed by atoms with Crippen LogP contribution in [0.3, 0.4) is 0 Å². The Morgan fingerprint density at radius 3 is 2.64 bits per heavy atom. The molecule has 0 fully saturated rings. The van der Waals surface area contributed by atoms with E-state index < -0.39 is 0 Å². The lowest BCUT2D eigenvalue weighted by atomic mass is 10.2. The van der Waals surface area contributed by atoms with Gasteiger partial charge in [-0.2, -0.15) is 4.99 Å². The Balaban J connectivity index is 1.85. The summed E-state index contributed by atoms with van der Waals surface area (Å²) >= 11 is 0. The zero-order valence-electron chi connectivity index (χ0n) is 12.4. The van der Waals surface area contributed by atoms with Crippen LogP contribution in [-0.2, 0) is 0 Å². The Morgan fingerprint density at radius 2 is 1.86 bits per heavy atom. The Bertz CT molecular complexity index is 836. The van der Waals surface area contributed by atoms with E-state index in [4.69, 9.17) is 5.73 Å². The molecule has 3 N–H and O–H groups in total. The van der Waals surface area contributed by atoms with Gasteiger partial charge in [0.25, 0.3) is 5.95 Å². The lowest BCUT2D eigenvalue weighted by Gasteiger charge is -2.06. The van der Waals surface area contributed by atoms with E-state index in [-0.39, 0.29) is 5.96 Å². The SMILES string of the molecule is Cc1cc(C)nc(/N=C(/N)Nc2ccc3ncccc3c2)n1. The summed E-state index contributed by atoms with van der Waals surface area (Å²) in [6.07, 6.45) is 1.77. The summed E-state index contributed by atoms with van der Waals surface area (Å²) in [4.78, 5) is 17.0. The molecule has 0 bridgehead atoms. The highest BCUT2D eigenvalue weighted by Gasteiger charge is 2.01. The number of aryl methyl sites for hydroxylation is 2. The lowest BCUT2D eigenvalue weighted by molar-refractivity contribution is 1.04. The average molecular weight is 292 g/mol. The molecule has 2 heterocycles. The van der Waals surface area contributed by atoms with Gasteiger partial charge < -0.3 is 11.1 Å². The molecule has 3 rings (SSSR count). The van der Waals surface area contributed by atoms with Crippen LogP contribution >= 0.6 is 0 Å². The van der Waals surface area contributed by atoms with Crippen molar-refractivity contribution in [2.75, 3.05) is 5.32 Å². The molecule has 0 aliphatic heterocycles. The van der Waals surface area contributed by atoms with E-state index in [2.05, 4.69) is 25.3 Å². The molecule has 0 saturated carbocycles. The Labute approximate surface area is 128 Å². The zero-order chi connectivity index (χ0) is 15.5. The smallest absolute Gasteiger partial charge is 0.253 e. The number of fused-ring (bicyclic) bond motifs is 1. The van der Waals surface area contributed by atoms with Gasteiger partial charge in [-0.15, -0.1) is 0 Å². The molecule has 0 saturated heterocycles. The zero-order valence-corrected chi connectivity index (χ0v) is 12.4. The van der Waals surface area contributed by atoms with E-state index in [1.54, 1.807) is 6.20 Å². The average Bonchev–Trinajstić information content (AvgIpc) is 2.45. The van der Waals surface area contributed by atoms with Crippen LogP contribution in [0.15, 0.2) is 47.6 Å². The number of aliphatic imine (C=N–C) groups is 1. The summed E-state index contributed by atoms with van der Waals surface area (Å²) < 4.78 is 0. The van der Waals surface area contributed by atoms with Crippen molar-refractivity contribution in [2.45, 2.75) is 13.8 Å². The second kappa shape index (κ2) is 5.77. The Kier molecular flexibility index (Phi) is 3.65. The first-order chi connectivity index (χ1) is 10.6. The number of rotatable bonds is 2. The van der Waals surface area contributed by atoms with E-state index in [9.17, 15) is 0 Å². The highest BCUT2D eigenvalue weighted by atomic mass is 15.2. The molecule has 2 aromatic heterocycles. The molecule has 1 aromatic carbocycles. The van der Waals surface area contributed by atoms with Gasteiger partial charge in [-0.3, -0.25) is 4.98 Å². The minimum atomic E-state index is 0.244. The van der Waals surface area contributed by atoms with E-state index in [0.29, 0.717) is 5.95 Å². The first kappa shape index (κ1) is 13.9. The molecule has 6 heteroatoms. The second-order valence-corrected chi connectivity index (χ2v) is 4.98. The molecular weight excluding hydrogens is 276 g/mol. The van der Waals surface area contributed by atoms with Crippen LogP contribution in [0.5, 0.6) is 0 Å². The minimum absolute atomic E-state index is 0.244. The summed E-state index contributed by atoms with van der Waals surface area (Å²) in [7, 11) is 0. The molecule has 0 amide bonds. The highest BCUT2D eigenvalue weighted by molar-refractivity contribution is 5.95. The number of nitrogens with zero attached hydrogens (tertiary/aromatic N) is 4. The molecule has 0 unspecified atom stereocenters. The third-order valence-electron chi connectivity index (χ3n) is 3.07. The van der Waals surface area contributed by atoms with Gasteiger partial charge in [0.15, 0.2) is 0 Å². The number of benzene rings is 1. The van der Waals surface area contributed by atoms with Crippen LogP contribution in [0.1, 0.15) is 11.4 Å². The number of pyridine rings is 1. The molecule has 0 aliphatic rings. The van der Waals surface area contributed by atoms with Crippen molar-refractivity contribution < 1.29 is 0 Å². The van der Waals surface area contributed by atoms with Crippen LogP contribution in [0.25, 0.3) is 10.9 Å². The van der Waals surface area contributed by atoms with Gasteiger partial charge in [0.1, 0.15) is 0 Å². The Hall–Kier alpha value is -3.02. The third kappa shape index (κ3) is 3.17. The van der Waals surface area contributed by atoms with E-state index in [1.807, 2.05) is 50.2 Å². The van der Waals surface area contributed by atoms with Gasteiger partial charge in [0.05, 0.1) is 5.52 Å². The number of nitrogens with two attached hydrogens (primary N) is 1. The van der Waals surface area contributed by atoms with Gasteiger partial charge in [0, 0.05) is 28.7 Å². The maximum Gasteiger partial charge on any atom is 0.253 e. The maximum absolute atomic E-state index is 5.93. The van der Waals surface area contributed by atoms with E-state index >= 15 is 0 Å². The molecule has 0 atom stereocenters. The molecule has 3 aromatic rings. The fourth-order valence-electron chi connectivity index (χ4n) is 2.19. The topological polar surface area (TPSA) is 89.1 Å². The summed E-state index contributed by atoms with van der Waals surface area (Å²) in [5.41, 5.74) is 9.41. The van der Waals surface area contributed by atoms with Crippen molar-refractivity contribution in [2.24, 2.45) is 10.7 Å². The number of nitrogens with one attached hydrogen (secondary N) is 1. The number of hydrogen-bond donors (Lipinski definition) is 2. The Morgan fingerprint density at radius 1 is 1.09 bits per heavy atom. The number of hydrogen-bond acceptors (Lipinski definition) is 4. The molecule has 6 nitrogen and oxygen atoms in total. The predicted molar refractivity (Wildman–Crippen MR) is 88.2 cm³/mol. The number of anilines is 1. The fraction of sp³-hybridized carbons (Fsp3) is 0.125. The predicted octanol–water partition coefficient (Wildman–Crippen LogP) is 2.70. The summed E-state index contributed by atoms with van der Waals surface area (Å²) in [6.45, 7) is 3.79. The summed E-state index contributed by atoms with van der Waals surface area (Å²) in [6, 6.07) is 11.6. The van der Waals surface area contributed by atoms with Crippen LogP contribution in [0, 0.1) is 13.8 Å². The van der Waals surface area contributed by atoms with Crippen molar-refractivity contribution >= 4 is 28.5 Å². The van der Waals surface area contributed by atoms with Crippen LogP contribution < -0.4 is 11.1 Å². The van der Waals surface area contributed by atoms with Gasteiger partial charge in [-0.05, 0) is 44.2 Å². The van der Waals surface area contributed by atoms with E-state index in [0.717, 1.165) is 28.0 Å². The van der Waals surface area contributed by atoms with Gasteiger partial charge in [-0.1, -0.05) is 6.07 Å². The first-order valence-corrected chi connectivity index (χ1v) is 6.88. The normalized spacial score (nSPS) is 11.6. The molecule has 110 valence electrons. The largest absolute Gasteiger partial charge is 0.369 e. The van der Waals surface area contributed by atoms with Crippen molar-refractivity contribution in [1.29, 1.82) is 0 Å². The minimum Gasteiger partial charge on any atom is -0.369 e. The second-order valence-electron chi connectivity index (χ2n) is 4.98. The van der Waals surface area contributed by atoms with Crippen LogP contribution in [-0.4, -0.2) is 20.9 Å². The van der Waals surface area contributed by atoms with Crippen molar-refractivity contribution in [3.05, 3.63) is 54.0 Å². The number of aromatic nitrogens is 3. The molecule has 0 radical (unpaired) electrons. The van der Waals surface area contributed by atoms with Crippen LogP contribution in [0.2, 0.25) is 0 Å². The van der Waals surface area contributed by atoms with Crippen LogP contribution in [0.4, 0.5) is 11.6 Å². The quantitative estimate of drug-likeness (QED) is 0.560. The monoisotopic (exact) mass is 292 g/mol. The number of guanidine groups is 1. The van der Waals surface area contributed by atoms with Crippen molar-refractivity contribution in [1.82, 2.24) is 15.0 Å². The highest BCUT2D eigenvalue weighted by Crippen LogP contribution is 2.17. The summed E-state index contributed by atoms with van der Waals surface area (Å²) in [5.74, 6) is 0.596. The van der Waals surface area contributed by atoms with Crippen molar-refractivity contribution in [3.8, 4) is 0 Å². The molecule has 0 spiro atoms. The van der Waals surface area contributed by atoms with Crippen molar-refractivity contribution in [3.63, 3.8) is 0 Å². The van der Waals surface area contributed by atoms with Gasteiger partial charge >= 0.3 is 0 Å². The summed E-state index contributed by atoms with van der Waals surface area (Å²) in [5, 5.41) is 4.07. The van der Waals surface area contributed by atoms with Gasteiger partial charge in [0.2, 0.25) is 5.96 Å². The fourth-order valence-corrected chi connectivity index (χ4v) is 2.19. The third-order valence-corrected chi connectivity index (χ3v) is 3.07. The lowest BCUT2D eigenvalue weighted by Crippen LogP contribution is -2.22.